The number of rotatable bonds is 5. The number of amides is 2. The highest BCUT2D eigenvalue weighted by Gasteiger charge is 2.19. The summed E-state index contributed by atoms with van der Waals surface area (Å²) in [5.74, 6) is 0.532. The van der Waals surface area contributed by atoms with Crippen molar-refractivity contribution in [3.8, 4) is 11.8 Å². The molecule has 1 fully saturated rings. The van der Waals surface area contributed by atoms with Crippen LogP contribution in [0, 0.1) is 11.3 Å². The Morgan fingerprint density at radius 1 is 1.21 bits per heavy atom. The van der Waals surface area contributed by atoms with Crippen molar-refractivity contribution >= 4 is 11.7 Å². The van der Waals surface area contributed by atoms with Gasteiger partial charge in [-0.25, -0.2) is 4.79 Å². The van der Waals surface area contributed by atoms with Gasteiger partial charge in [0, 0.05) is 50.8 Å². The molecular formula is C21H25N5O2. The lowest BCUT2D eigenvalue weighted by Crippen LogP contribution is -2.38. The highest BCUT2D eigenvalue weighted by Crippen LogP contribution is 2.22. The average Bonchev–Trinajstić information content (AvgIpc) is 2.96. The van der Waals surface area contributed by atoms with Crippen molar-refractivity contribution in [3.63, 3.8) is 0 Å². The number of carbonyl (C=O) groups excluding carboxylic acids is 1. The Morgan fingerprint density at radius 3 is 2.79 bits per heavy atom. The molecule has 0 bridgehead atoms. The van der Waals surface area contributed by atoms with Crippen LogP contribution in [0.2, 0.25) is 0 Å². The molecule has 1 aromatic carbocycles. The van der Waals surface area contributed by atoms with Crippen LogP contribution < -0.4 is 10.1 Å². The summed E-state index contributed by atoms with van der Waals surface area (Å²) < 4.78 is 5.43. The lowest BCUT2D eigenvalue weighted by Gasteiger charge is -2.22. The van der Waals surface area contributed by atoms with Crippen molar-refractivity contribution in [2.45, 2.75) is 19.9 Å². The van der Waals surface area contributed by atoms with Crippen LogP contribution in [0.1, 0.15) is 24.5 Å². The minimum atomic E-state index is -0.140. The highest BCUT2D eigenvalue weighted by atomic mass is 16.5. The molecule has 1 aromatic heterocycles. The molecule has 1 N–H and O–H groups in total. The van der Waals surface area contributed by atoms with Gasteiger partial charge in [-0.3, -0.25) is 9.88 Å². The summed E-state index contributed by atoms with van der Waals surface area (Å²) in [5, 5.41) is 12.2. The fourth-order valence-electron chi connectivity index (χ4n) is 3.26. The third-order valence-corrected chi connectivity index (χ3v) is 4.68. The molecule has 1 saturated heterocycles. The van der Waals surface area contributed by atoms with Crippen molar-refractivity contribution in [1.29, 1.82) is 5.26 Å². The fraction of sp³-hybridized carbons (Fsp3) is 0.381. The van der Waals surface area contributed by atoms with Gasteiger partial charge >= 0.3 is 6.03 Å². The second-order valence-electron chi connectivity index (χ2n) is 6.66. The number of hydrogen-bond acceptors (Lipinski definition) is 5. The quantitative estimate of drug-likeness (QED) is 0.863. The molecule has 1 aliphatic heterocycles. The van der Waals surface area contributed by atoms with Gasteiger partial charge in [-0.1, -0.05) is 0 Å². The van der Waals surface area contributed by atoms with E-state index < -0.39 is 0 Å². The van der Waals surface area contributed by atoms with Gasteiger partial charge in [-0.2, -0.15) is 5.26 Å². The number of ether oxygens (including phenoxy) is 1. The van der Waals surface area contributed by atoms with E-state index in [1.54, 1.807) is 30.6 Å². The van der Waals surface area contributed by atoms with Crippen LogP contribution in [0.5, 0.6) is 5.75 Å². The van der Waals surface area contributed by atoms with Gasteiger partial charge in [0.2, 0.25) is 0 Å². The minimum absolute atomic E-state index is 0.140. The number of urea groups is 1. The van der Waals surface area contributed by atoms with Crippen LogP contribution in [-0.4, -0.2) is 53.6 Å². The van der Waals surface area contributed by atoms with Crippen LogP contribution in [-0.2, 0) is 6.54 Å². The van der Waals surface area contributed by atoms with E-state index in [9.17, 15) is 10.1 Å². The Bertz CT molecular complexity index is 834. The molecule has 0 spiro atoms. The topological polar surface area (TPSA) is 81.5 Å². The molecule has 1 aliphatic rings. The van der Waals surface area contributed by atoms with Gasteiger partial charge in [-0.15, -0.1) is 0 Å². The maximum atomic E-state index is 12.7. The van der Waals surface area contributed by atoms with Crippen LogP contribution in [0.25, 0.3) is 0 Å². The summed E-state index contributed by atoms with van der Waals surface area (Å²) >= 11 is 0. The van der Waals surface area contributed by atoms with E-state index in [-0.39, 0.29) is 6.03 Å². The normalized spacial score (nSPS) is 14.8. The van der Waals surface area contributed by atoms with E-state index in [2.05, 4.69) is 21.3 Å². The summed E-state index contributed by atoms with van der Waals surface area (Å²) in [6.07, 6.45) is 4.53. The summed E-state index contributed by atoms with van der Waals surface area (Å²) in [6.45, 7) is 6.37. The molecule has 0 saturated carbocycles. The van der Waals surface area contributed by atoms with Crippen molar-refractivity contribution in [2.75, 3.05) is 38.1 Å². The molecule has 3 rings (SSSR count). The maximum absolute atomic E-state index is 12.7. The second kappa shape index (κ2) is 9.72. The van der Waals surface area contributed by atoms with Crippen LogP contribution in [0.4, 0.5) is 10.5 Å². The predicted octanol–water partition coefficient (Wildman–Crippen LogP) is 3.09. The summed E-state index contributed by atoms with van der Waals surface area (Å²) in [5.41, 5.74) is 2.24. The number of carbonyl (C=O) groups is 1. The van der Waals surface area contributed by atoms with Crippen LogP contribution in [0.15, 0.2) is 42.7 Å². The van der Waals surface area contributed by atoms with E-state index in [1.807, 2.05) is 24.0 Å². The molecule has 2 heterocycles. The Morgan fingerprint density at radius 2 is 2.04 bits per heavy atom. The molecule has 7 nitrogen and oxygen atoms in total. The van der Waals surface area contributed by atoms with E-state index in [1.165, 1.54) is 5.56 Å². The third-order valence-electron chi connectivity index (χ3n) is 4.68. The minimum Gasteiger partial charge on any atom is -0.492 e. The highest BCUT2D eigenvalue weighted by molar-refractivity contribution is 5.89. The lowest BCUT2D eigenvalue weighted by molar-refractivity contribution is 0.211. The molecule has 0 radical (unpaired) electrons. The molecular weight excluding hydrogens is 354 g/mol. The molecule has 28 heavy (non-hydrogen) atoms. The standard InChI is InChI=1S/C21H25N5O2/c1-2-28-20-5-4-19(14-18(20)15-22)24-21(27)26-11-3-10-25(12-13-26)16-17-6-8-23-9-7-17/h4-9,14H,2-3,10-13,16H2,1H3,(H,24,27). The smallest absolute Gasteiger partial charge is 0.321 e. The number of aromatic nitrogens is 1. The van der Waals surface area contributed by atoms with Gasteiger partial charge in [0.25, 0.3) is 0 Å². The van der Waals surface area contributed by atoms with Crippen LogP contribution in [0.3, 0.4) is 0 Å². The first kappa shape index (κ1) is 19.6. The van der Waals surface area contributed by atoms with Gasteiger partial charge < -0.3 is 15.0 Å². The Kier molecular flexibility index (Phi) is 6.82. The average molecular weight is 379 g/mol. The first-order chi connectivity index (χ1) is 13.7. The van der Waals surface area contributed by atoms with E-state index in [0.717, 1.165) is 26.1 Å². The van der Waals surface area contributed by atoms with E-state index >= 15 is 0 Å². The zero-order valence-corrected chi connectivity index (χ0v) is 16.1. The first-order valence-electron chi connectivity index (χ1n) is 9.53. The zero-order chi connectivity index (χ0) is 19.8. The van der Waals surface area contributed by atoms with Crippen molar-refractivity contribution in [1.82, 2.24) is 14.8 Å². The number of nitrogens with zero attached hydrogens (tertiary/aromatic N) is 4. The third kappa shape index (κ3) is 5.21. The fourth-order valence-corrected chi connectivity index (χ4v) is 3.26. The van der Waals surface area contributed by atoms with E-state index in [0.29, 0.717) is 36.7 Å². The number of hydrogen-bond donors (Lipinski definition) is 1. The number of nitriles is 1. The SMILES string of the molecule is CCOc1ccc(NC(=O)N2CCCN(Cc3ccncc3)CC2)cc1C#N. The first-order valence-corrected chi connectivity index (χ1v) is 9.53. The molecule has 7 heteroatoms. The molecule has 2 aromatic rings. The monoisotopic (exact) mass is 379 g/mol. The van der Waals surface area contributed by atoms with Gasteiger partial charge in [-0.05, 0) is 49.2 Å². The molecule has 146 valence electrons. The largest absolute Gasteiger partial charge is 0.492 e. The van der Waals surface area contributed by atoms with Crippen LogP contribution >= 0.6 is 0 Å². The van der Waals surface area contributed by atoms with Crippen molar-refractivity contribution in [2.24, 2.45) is 0 Å². The second-order valence-corrected chi connectivity index (χ2v) is 6.66. The number of benzene rings is 1. The molecule has 2 amide bonds. The lowest BCUT2D eigenvalue weighted by atomic mass is 10.2. The van der Waals surface area contributed by atoms with Crippen molar-refractivity contribution < 1.29 is 9.53 Å². The summed E-state index contributed by atoms with van der Waals surface area (Å²) in [6, 6.07) is 11.1. The summed E-state index contributed by atoms with van der Waals surface area (Å²) in [4.78, 5) is 20.9. The van der Waals surface area contributed by atoms with Crippen molar-refractivity contribution in [3.05, 3.63) is 53.9 Å². The summed E-state index contributed by atoms with van der Waals surface area (Å²) in [7, 11) is 0. The predicted molar refractivity (Wildman–Crippen MR) is 107 cm³/mol. The zero-order valence-electron chi connectivity index (χ0n) is 16.1. The van der Waals surface area contributed by atoms with Gasteiger partial charge in [0.15, 0.2) is 0 Å². The molecule has 0 atom stereocenters. The number of anilines is 1. The maximum Gasteiger partial charge on any atom is 0.321 e. The Hall–Kier alpha value is -3.11. The number of nitrogens with one attached hydrogen (secondary N) is 1. The molecule has 0 unspecified atom stereocenters. The Labute approximate surface area is 165 Å². The van der Waals surface area contributed by atoms with Gasteiger partial charge in [0.1, 0.15) is 11.8 Å². The number of pyridine rings is 1. The molecule has 0 aliphatic carbocycles. The van der Waals surface area contributed by atoms with Gasteiger partial charge in [0.05, 0.1) is 12.2 Å². The Balaban J connectivity index is 1.57. The van der Waals surface area contributed by atoms with E-state index in [4.69, 9.17) is 4.74 Å².